The molecule has 1 aliphatic heterocycles. The van der Waals surface area contributed by atoms with Gasteiger partial charge in [-0.25, -0.2) is 0 Å². The first-order valence-electron chi connectivity index (χ1n) is 8.05. The van der Waals surface area contributed by atoms with Gasteiger partial charge in [-0.05, 0) is 61.4 Å². The molecule has 0 radical (unpaired) electrons. The fourth-order valence-corrected chi connectivity index (χ4v) is 3.40. The van der Waals surface area contributed by atoms with Crippen LogP contribution < -0.4 is 0 Å². The summed E-state index contributed by atoms with van der Waals surface area (Å²) in [5, 5.41) is 0. The van der Waals surface area contributed by atoms with Gasteiger partial charge in [-0.2, -0.15) is 0 Å². The molecular weight excluding hydrogens is 230 g/mol. The Morgan fingerprint density at radius 3 is 2.37 bits per heavy atom. The predicted octanol–water partition coefficient (Wildman–Crippen LogP) is 4.40. The van der Waals surface area contributed by atoms with E-state index in [4.69, 9.17) is 0 Å². The van der Waals surface area contributed by atoms with Crippen molar-refractivity contribution >= 4 is 0 Å². The molecule has 0 saturated carbocycles. The second-order valence-corrected chi connectivity index (χ2v) is 6.15. The van der Waals surface area contributed by atoms with Crippen molar-refractivity contribution in [3.63, 3.8) is 0 Å². The van der Waals surface area contributed by atoms with Crippen molar-refractivity contribution in [2.24, 2.45) is 0 Å². The van der Waals surface area contributed by atoms with Crippen LogP contribution in [-0.2, 0) is 12.8 Å². The minimum absolute atomic E-state index is 0.646. The van der Waals surface area contributed by atoms with E-state index in [0.717, 1.165) is 6.42 Å². The molecular formula is C18H29N. The Kier molecular flexibility index (Phi) is 5.45. The van der Waals surface area contributed by atoms with E-state index < -0.39 is 0 Å². The Morgan fingerprint density at radius 1 is 1.05 bits per heavy atom. The number of likely N-dealkylation sites (tertiary alicyclic amines) is 1. The Hall–Kier alpha value is -0.820. The summed E-state index contributed by atoms with van der Waals surface area (Å²) in [6, 6.07) is 6.90. The Bertz CT molecular complexity index is 389. The maximum absolute atomic E-state index is 2.65. The molecule has 1 fully saturated rings. The molecule has 19 heavy (non-hydrogen) atoms. The van der Waals surface area contributed by atoms with Crippen LogP contribution in [0.4, 0.5) is 0 Å². The predicted molar refractivity (Wildman–Crippen MR) is 83.9 cm³/mol. The smallest absolute Gasteiger partial charge is 0.00219 e. The maximum Gasteiger partial charge on any atom is 0.00219 e. The van der Waals surface area contributed by atoms with Gasteiger partial charge >= 0.3 is 0 Å². The molecule has 1 nitrogen and oxygen atoms in total. The molecule has 0 amide bonds. The van der Waals surface area contributed by atoms with Crippen LogP contribution in [0.5, 0.6) is 0 Å². The van der Waals surface area contributed by atoms with Crippen LogP contribution in [0.1, 0.15) is 62.6 Å². The molecule has 0 aromatic heterocycles. The first-order chi connectivity index (χ1) is 9.22. The van der Waals surface area contributed by atoms with Crippen molar-refractivity contribution < 1.29 is 0 Å². The number of hydrogen-bond donors (Lipinski definition) is 0. The highest BCUT2D eigenvalue weighted by molar-refractivity contribution is 5.38. The lowest BCUT2D eigenvalue weighted by Crippen LogP contribution is -2.31. The summed E-state index contributed by atoms with van der Waals surface area (Å²) in [6.07, 6.45) is 6.60. The summed E-state index contributed by atoms with van der Waals surface area (Å²) in [6.45, 7) is 10.8. The van der Waals surface area contributed by atoms with E-state index in [1.165, 1.54) is 45.3 Å². The normalized spacial score (nSPS) is 17.1. The van der Waals surface area contributed by atoms with Crippen LogP contribution in [-0.4, -0.2) is 24.5 Å². The lowest BCUT2D eigenvalue weighted by molar-refractivity contribution is 0.231. The molecule has 1 saturated heterocycles. The first kappa shape index (κ1) is 14.6. The zero-order chi connectivity index (χ0) is 13.7. The van der Waals surface area contributed by atoms with Gasteiger partial charge in [0.2, 0.25) is 0 Å². The summed E-state index contributed by atoms with van der Waals surface area (Å²) in [5.74, 6) is 0.646. The third-order valence-corrected chi connectivity index (χ3v) is 4.39. The minimum atomic E-state index is 0.646. The van der Waals surface area contributed by atoms with E-state index in [0.29, 0.717) is 5.92 Å². The quantitative estimate of drug-likeness (QED) is 0.757. The highest BCUT2D eigenvalue weighted by atomic mass is 15.1. The van der Waals surface area contributed by atoms with Crippen molar-refractivity contribution in [3.8, 4) is 0 Å². The fraction of sp³-hybridized carbons (Fsp3) is 0.667. The molecule has 0 N–H and O–H groups in total. The van der Waals surface area contributed by atoms with Crippen molar-refractivity contribution in [2.45, 2.75) is 58.8 Å². The standard InChI is InChI=1S/C18H29N/c1-4-16-9-8-10-17(18(16)15(2)3)11-14-19-12-6-5-7-13-19/h8-10,15H,4-7,11-14H2,1-3H3. The maximum atomic E-state index is 2.65. The van der Waals surface area contributed by atoms with E-state index in [2.05, 4.69) is 43.9 Å². The zero-order valence-electron chi connectivity index (χ0n) is 12.9. The van der Waals surface area contributed by atoms with Gasteiger partial charge in [0.05, 0.1) is 0 Å². The third-order valence-electron chi connectivity index (χ3n) is 4.39. The molecule has 1 heteroatoms. The lowest BCUT2D eigenvalue weighted by Gasteiger charge is -2.27. The van der Waals surface area contributed by atoms with E-state index >= 15 is 0 Å². The van der Waals surface area contributed by atoms with Crippen molar-refractivity contribution in [1.82, 2.24) is 4.90 Å². The molecule has 0 aliphatic carbocycles. The van der Waals surface area contributed by atoms with E-state index in [-0.39, 0.29) is 0 Å². The van der Waals surface area contributed by atoms with Crippen molar-refractivity contribution in [3.05, 3.63) is 34.9 Å². The van der Waals surface area contributed by atoms with Crippen LogP contribution in [0.3, 0.4) is 0 Å². The highest BCUT2D eigenvalue weighted by Crippen LogP contribution is 2.25. The van der Waals surface area contributed by atoms with Crippen LogP contribution in [0.2, 0.25) is 0 Å². The number of hydrogen-bond acceptors (Lipinski definition) is 1. The molecule has 0 bridgehead atoms. The Labute approximate surface area is 119 Å². The molecule has 1 aliphatic rings. The topological polar surface area (TPSA) is 3.24 Å². The minimum Gasteiger partial charge on any atom is -0.303 e. The average molecular weight is 259 g/mol. The average Bonchev–Trinajstić information content (AvgIpc) is 2.45. The van der Waals surface area contributed by atoms with Crippen molar-refractivity contribution in [1.29, 1.82) is 0 Å². The van der Waals surface area contributed by atoms with E-state index in [9.17, 15) is 0 Å². The molecule has 0 unspecified atom stereocenters. The van der Waals surface area contributed by atoms with Crippen LogP contribution in [0.25, 0.3) is 0 Å². The fourth-order valence-electron chi connectivity index (χ4n) is 3.40. The number of piperidine rings is 1. The summed E-state index contributed by atoms with van der Waals surface area (Å²) in [7, 11) is 0. The van der Waals surface area contributed by atoms with Gasteiger partial charge in [-0.3, -0.25) is 0 Å². The van der Waals surface area contributed by atoms with Gasteiger partial charge in [-0.15, -0.1) is 0 Å². The van der Waals surface area contributed by atoms with Gasteiger partial charge in [0.15, 0.2) is 0 Å². The van der Waals surface area contributed by atoms with Gasteiger partial charge in [-0.1, -0.05) is 45.4 Å². The van der Waals surface area contributed by atoms with Gasteiger partial charge < -0.3 is 4.90 Å². The Morgan fingerprint density at radius 2 is 1.74 bits per heavy atom. The second-order valence-electron chi connectivity index (χ2n) is 6.15. The van der Waals surface area contributed by atoms with Crippen LogP contribution >= 0.6 is 0 Å². The molecule has 1 aromatic rings. The number of rotatable bonds is 5. The summed E-state index contributed by atoms with van der Waals surface area (Å²) < 4.78 is 0. The van der Waals surface area contributed by atoms with Gasteiger partial charge in [0, 0.05) is 6.54 Å². The second kappa shape index (κ2) is 7.09. The lowest BCUT2D eigenvalue weighted by atomic mass is 9.89. The molecule has 0 atom stereocenters. The van der Waals surface area contributed by atoms with Crippen LogP contribution in [0.15, 0.2) is 18.2 Å². The molecule has 106 valence electrons. The number of benzene rings is 1. The first-order valence-corrected chi connectivity index (χ1v) is 8.05. The summed E-state index contributed by atoms with van der Waals surface area (Å²) in [4.78, 5) is 2.65. The SMILES string of the molecule is CCc1cccc(CCN2CCCCC2)c1C(C)C. The van der Waals surface area contributed by atoms with Crippen molar-refractivity contribution in [2.75, 3.05) is 19.6 Å². The molecule has 0 spiro atoms. The number of aryl methyl sites for hydroxylation is 1. The Balaban J connectivity index is 2.06. The van der Waals surface area contributed by atoms with E-state index in [1.54, 1.807) is 16.7 Å². The molecule has 1 heterocycles. The summed E-state index contributed by atoms with van der Waals surface area (Å²) >= 11 is 0. The van der Waals surface area contributed by atoms with Gasteiger partial charge in [0.1, 0.15) is 0 Å². The number of nitrogens with zero attached hydrogens (tertiary/aromatic N) is 1. The van der Waals surface area contributed by atoms with Gasteiger partial charge in [0.25, 0.3) is 0 Å². The van der Waals surface area contributed by atoms with E-state index in [1.807, 2.05) is 0 Å². The summed E-state index contributed by atoms with van der Waals surface area (Å²) in [5.41, 5.74) is 4.74. The van der Waals surface area contributed by atoms with Crippen LogP contribution in [0, 0.1) is 0 Å². The zero-order valence-corrected chi connectivity index (χ0v) is 12.9. The monoisotopic (exact) mass is 259 g/mol. The molecule has 1 aromatic carbocycles. The highest BCUT2D eigenvalue weighted by Gasteiger charge is 2.13. The largest absolute Gasteiger partial charge is 0.303 e. The third kappa shape index (κ3) is 3.82. The molecule has 2 rings (SSSR count).